The highest BCUT2D eigenvalue weighted by Gasteiger charge is 2.36. The molecule has 1 fully saturated rings. The summed E-state index contributed by atoms with van der Waals surface area (Å²) in [6, 6.07) is 8.07. The smallest absolute Gasteiger partial charge is 0.419 e. The lowest BCUT2D eigenvalue weighted by Gasteiger charge is -2.34. The Kier molecular flexibility index (Phi) is 5.62. The number of methoxy groups -OCH3 is 2. The van der Waals surface area contributed by atoms with Crippen molar-refractivity contribution in [3.05, 3.63) is 42.1 Å². The number of ether oxygens (including phenoxy) is 2. The van der Waals surface area contributed by atoms with Gasteiger partial charge in [-0.25, -0.2) is 4.98 Å². The summed E-state index contributed by atoms with van der Waals surface area (Å²) < 4.78 is 50.1. The van der Waals surface area contributed by atoms with E-state index in [4.69, 9.17) is 9.47 Å². The van der Waals surface area contributed by atoms with E-state index in [1.165, 1.54) is 12.3 Å². The van der Waals surface area contributed by atoms with Gasteiger partial charge in [0.1, 0.15) is 17.3 Å². The lowest BCUT2D eigenvalue weighted by molar-refractivity contribution is -0.137. The fourth-order valence-corrected chi connectivity index (χ4v) is 3.23. The lowest BCUT2D eigenvalue weighted by atomic mass is 10.0. The first-order valence-electron chi connectivity index (χ1n) is 8.67. The molecule has 0 atom stereocenters. The lowest BCUT2D eigenvalue weighted by Crippen LogP contribution is -2.40. The first kappa shape index (κ1) is 19.1. The molecule has 0 spiro atoms. The van der Waals surface area contributed by atoms with E-state index in [1.54, 1.807) is 25.2 Å². The average molecular weight is 381 g/mol. The first-order chi connectivity index (χ1) is 12.9. The summed E-state index contributed by atoms with van der Waals surface area (Å²) in [7, 11) is 3.17. The highest BCUT2D eigenvalue weighted by molar-refractivity contribution is 5.55. The monoisotopic (exact) mass is 381 g/mol. The molecular weight excluding hydrogens is 359 g/mol. The van der Waals surface area contributed by atoms with Crippen molar-refractivity contribution in [2.75, 3.05) is 37.5 Å². The Labute approximate surface area is 156 Å². The molecule has 1 saturated heterocycles. The highest BCUT2D eigenvalue weighted by atomic mass is 19.4. The minimum atomic E-state index is -4.41. The summed E-state index contributed by atoms with van der Waals surface area (Å²) in [5.74, 6) is 1.36. The van der Waals surface area contributed by atoms with Crippen LogP contribution in [0.1, 0.15) is 18.4 Å². The van der Waals surface area contributed by atoms with Crippen molar-refractivity contribution >= 4 is 11.5 Å². The van der Waals surface area contributed by atoms with Crippen molar-refractivity contribution in [2.45, 2.75) is 25.1 Å². The van der Waals surface area contributed by atoms with Crippen molar-refractivity contribution < 1.29 is 22.6 Å². The van der Waals surface area contributed by atoms with Crippen LogP contribution >= 0.6 is 0 Å². The number of rotatable bonds is 5. The third kappa shape index (κ3) is 4.56. The Morgan fingerprint density at radius 3 is 2.26 bits per heavy atom. The molecule has 8 heteroatoms. The Balaban J connectivity index is 1.67. The van der Waals surface area contributed by atoms with E-state index in [2.05, 4.69) is 10.3 Å². The van der Waals surface area contributed by atoms with Crippen LogP contribution in [0.25, 0.3) is 0 Å². The minimum Gasteiger partial charge on any atom is -0.497 e. The van der Waals surface area contributed by atoms with E-state index in [1.807, 2.05) is 12.1 Å². The summed E-state index contributed by atoms with van der Waals surface area (Å²) in [6.45, 7) is 0.998. The van der Waals surface area contributed by atoms with Crippen molar-refractivity contribution in [3.8, 4) is 11.5 Å². The van der Waals surface area contributed by atoms with Crippen LogP contribution in [0.3, 0.4) is 0 Å². The molecule has 146 valence electrons. The summed E-state index contributed by atoms with van der Waals surface area (Å²) in [4.78, 5) is 5.68. The molecule has 1 aliphatic rings. The van der Waals surface area contributed by atoms with Crippen LogP contribution in [-0.4, -0.2) is 38.3 Å². The second kappa shape index (κ2) is 7.94. The van der Waals surface area contributed by atoms with Gasteiger partial charge in [-0.15, -0.1) is 0 Å². The number of piperidine rings is 1. The van der Waals surface area contributed by atoms with Gasteiger partial charge in [0.05, 0.1) is 19.8 Å². The van der Waals surface area contributed by atoms with Gasteiger partial charge < -0.3 is 19.7 Å². The fourth-order valence-electron chi connectivity index (χ4n) is 3.23. The number of alkyl halides is 3. The van der Waals surface area contributed by atoms with Crippen LogP contribution in [0, 0.1) is 0 Å². The predicted molar refractivity (Wildman–Crippen MR) is 97.6 cm³/mol. The van der Waals surface area contributed by atoms with E-state index < -0.39 is 11.7 Å². The molecule has 0 radical (unpaired) electrons. The molecule has 0 amide bonds. The Hall–Kier alpha value is -2.64. The number of hydrogen-bond donors (Lipinski definition) is 1. The van der Waals surface area contributed by atoms with Crippen LogP contribution in [0.15, 0.2) is 36.5 Å². The zero-order chi connectivity index (χ0) is 19.4. The number of aromatic nitrogens is 1. The van der Waals surface area contributed by atoms with Gasteiger partial charge in [0.15, 0.2) is 0 Å². The van der Waals surface area contributed by atoms with E-state index in [0.717, 1.165) is 11.8 Å². The second-order valence-corrected chi connectivity index (χ2v) is 6.38. The van der Waals surface area contributed by atoms with Gasteiger partial charge >= 0.3 is 6.18 Å². The average Bonchev–Trinajstić information content (AvgIpc) is 2.67. The molecule has 27 heavy (non-hydrogen) atoms. The molecule has 0 bridgehead atoms. The topological polar surface area (TPSA) is 46.6 Å². The molecule has 1 aliphatic heterocycles. The number of anilines is 2. The standard InChI is InChI=1S/C19H22F3N3O2/c1-26-15-10-14(11-16(12-15)27-2)24-13-5-8-25(9-6-13)18-17(19(20,21)22)4-3-7-23-18/h3-4,7,10-13,24H,5-6,8-9H2,1-2H3. The molecule has 0 aliphatic carbocycles. The van der Waals surface area contributed by atoms with Crippen molar-refractivity contribution in [1.82, 2.24) is 4.98 Å². The van der Waals surface area contributed by atoms with Gasteiger partial charge in [-0.2, -0.15) is 13.2 Å². The predicted octanol–water partition coefficient (Wildman–Crippen LogP) is 4.20. The molecule has 0 unspecified atom stereocenters. The fraction of sp³-hybridized carbons (Fsp3) is 0.421. The largest absolute Gasteiger partial charge is 0.497 e. The number of nitrogens with one attached hydrogen (secondary N) is 1. The number of hydrogen-bond acceptors (Lipinski definition) is 5. The first-order valence-corrected chi connectivity index (χ1v) is 8.67. The Bertz CT molecular complexity index is 753. The molecule has 2 aromatic rings. The van der Waals surface area contributed by atoms with E-state index in [9.17, 15) is 13.2 Å². The van der Waals surface area contributed by atoms with Gasteiger partial charge in [-0.3, -0.25) is 0 Å². The van der Waals surface area contributed by atoms with Crippen LogP contribution in [0.5, 0.6) is 11.5 Å². The maximum Gasteiger partial charge on any atom is 0.419 e. The zero-order valence-electron chi connectivity index (χ0n) is 15.2. The van der Waals surface area contributed by atoms with Crippen LogP contribution < -0.4 is 19.7 Å². The van der Waals surface area contributed by atoms with Crippen molar-refractivity contribution in [3.63, 3.8) is 0 Å². The molecule has 1 aromatic carbocycles. The normalized spacial score (nSPS) is 15.5. The van der Waals surface area contributed by atoms with Crippen LogP contribution in [0.2, 0.25) is 0 Å². The number of nitrogens with zero attached hydrogens (tertiary/aromatic N) is 2. The summed E-state index contributed by atoms with van der Waals surface area (Å²) in [6.07, 6.45) is -1.60. The van der Waals surface area contributed by atoms with Gasteiger partial charge in [0, 0.05) is 49.2 Å². The molecule has 3 rings (SSSR count). The SMILES string of the molecule is COc1cc(NC2CCN(c3ncccc3C(F)(F)F)CC2)cc(OC)c1. The number of benzene rings is 1. The number of halogens is 3. The molecule has 5 nitrogen and oxygen atoms in total. The third-order valence-electron chi connectivity index (χ3n) is 4.61. The zero-order valence-corrected chi connectivity index (χ0v) is 15.2. The van der Waals surface area contributed by atoms with Crippen molar-refractivity contribution in [2.24, 2.45) is 0 Å². The van der Waals surface area contributed by atoms with Crippen LogP contribution in [-0.2, 0) is 6.18 Å². The molecule has 2 heterocycles. The van der Waals surface area contributed by atoms with Crippen LogP contribution in [0.4, 0.5) is 24.7 Å². The van der Waals surface area contributed by atoms with Gasteiger partial charge in [-0.1, -0.05) is 0 Å². The van der Waals surface area contributed by atoms with Gasteiger partial charge in [0.2, 0.25) is 0 Å². The molecule has 1 aromatic heterocycles. The van der Waals surface area contributed by atoms with Crippen molar-refractivity contribution in [1.29, 1.82) is 0 Å². The molecular formula is C19H22F3N3O2. The van der Waals surface area contributed by atoms with Gasteiger partial charge in [0.25, 0.3) is 0 Å². The second-order valence-electron chi connectivity index (χ2n) is 6.38. The van der Waals surface area contributed by atoms with E-state index in [-0.39, 0.29) is 11.9 Å². The highest BCUT2D eigenvalue weighted by Crippen LogP contribution is 2.36. The summed E-state index contributed by atoms with van der Waals surface area (Å²) >= 11 is 0. The molecule has 0 saturated carbocycles. The summed E-state index contributed by atoms with van der Waals surface area (Å²) in [5.41, 5.74) is 0.174. The Morgan fingerprint density at radius 1 is 1.07 bits per heavy atom. The van der Waals surface area contributed by atoms with E-state index in [0.29, 0.717) is 37.4 Å². The maximum atomic E-state index is 13.2. The Morgan fingerprint density at radius 2 is 1.70 bits per heavy atom. The van der Waals surface area contributed by atoms with Gasteiger partial charge in [-0.05, 0) is 25.0 Å². The van der Waals surface area contributed by atoms with E-state index >= 15 is 0 Å². The number of pyridine rings is 1. The third-order valence-corrected chi connectivity index (χ3v) is 4.61. The summed E-state index contributed by atoms with van der Waals surface area (Å²) in [5, 5.41) is 3.42. The minimum absolute atomic E-state index is 0.00602. The maximum absolute atomic E-state index is 13.2. The quantitative estimate of drug-likeness (QED) is 0.841. The molecule has 1 N–H and O–H groups in total.